The van der Waals surface area contributed by atoms with Gasteiger partial charge in [0.05, 0.1) is 0 Å². The predicted molar refractivity (Wildman–Crippen MR) is 91.3 cm³/mol. The number of benzene rings is 2. The Kier molecular flexibility index (Phi) is 4.32. The monoisotopic (exact) mass is 324 g/mol. The van der Waals surface area contributed by atoms with Crippen LogP contribution in [0.1, 0.15) is 39.9 Å². The summed E-state index contributed by atoms with van der Waals surface area (Å²) in [6, 6.07) is 13.9. The van der Waals surface area contributed by atoms with Gasteiger partial charge in [-0.25, -0.2) is 0 Å². The lowest BCUT2D eigenvalue weighted by molar-refractivity contribution is 0.183. The minimum Gasteiger partial charge on any atom is -0.508 e. The van der Waals surface area contributed by atoms with Crippen LogP contribution >= 0.6 is 0 Å². The molecular formula is C20H20O4. The topological polar surface area (TPSA) is 73.8 Å². The summed E-state index contributed by atoms with van der Waals surface area (Å²) < 4.78 is 5.72. The second-order valence-electron chi connectivity index (χ2n) is 6.08. The summed E-state index contributed by atoms with van der Waals surface area (Å²) in [5.74, 6) is 1.24. The van der Waals surface area contributed by atoms with Crippen molar-refractivity contribution in [2.24, 2.45) is 0 Å². The number of phenolic OH excluding ortho intramolecular Hbond substituents is 2. The molecule has 0 saturated carbocycles. The number of aryl methyl sites for hydroxylation is 2. The van der Waals surface area contributed by atoms with Crippen LogP contribution in [0.4, 0.5) is 0 Å². The molecule has 4 nitrogen and oxygen atoms in total. The Balaban J connectivity index is 1.85. The van der Waals surface area contributed by atoms with E-state index in [2.05, 4.69) is 0 Å². The largest absolute Gasteiger partial charge is 0.508 e. The zero-order valence-corrected chi connectivity index (χ0v) is 13.7. The molecule has 0 aliphatic heterocycles. The first-order chi connectivity index (χ1) is 11.4. The third kappa shape index (κ3) is 3.29. The van der Waals surface area contributed by atoms with Gasteiger partial charge in [-0.1, -0.05) is 29.3 Å². The Morgan fingerprint density at radius 3 is 2.29 bits per heavy atom. The average Bonchev–Trinajstić information content (AvgIpc) is 3.01. The van der Waals surface area contributed by atoms with Crippen molar-refractivity contribution in [3.8, 4) is 11.5 Å². The second-order valence-corrected chi connectivity index (χ2v) is 6.08. The Hall–Kier alpha value is -2.72. The molecule has 3 aromatic rings. The number of rotatable bonds is 4. The fourth-order valence-corrected chi connectivity index (χ4v) is 2.73. The molecule has 0 aliphatic rings. The number of aliphatic hydroxyl groups excluding tert-OH is 1. The van der Waals surface area contributed by atoms with Crippen LogP contribution in [0.15, 0.2) is 52.9 Å². The molecule has 0 spiro atoms. The molecule has 4 heteroatoms. The molecule has 24 heavy (non-hydrogen) atoms. The van der Waals surface area contributed by atoms with Gasteiger partial charge in [-0.3, -0.25) is 0 Å². The van der Waals surface area contributed by atoms with Crippen LogP contribution in [-0.2, 0) is 6.42 Å². The van der Waals surface area contributed by atoms with Crippen LogP contribution in [0.25, 0.3) is 0 Å². The van der Waals surface area contributed by atoms with Crippen LogP contribution in [0.3, 0.4) is 0 Å². The van der Waals surface area contributed by atoms with Gasteiger partial charge in [-0.05, 0) is 44.2 Å². The van der Waals surface area contributed by atoms with Gasteiger partial charge in [-0.15, -0.1) is 0 Å². The number of furan rings is 1. The number of aromatic hydroxyl groups is 2. The molecule has 1 unspecified atom stereocenters. The molecule has 0 radical (unpaired) electrons. The Labute approximate surface area is 140 Å². The van der Waals surface area contributed by atoms with Crippen molar-refractivity contribution in [1.29, 1.82) is 0 Å². The molecule has 1 atom stereocenters. The normalized spacial score (nSPS) is 12.3. The molecule has 0 amide bonds. The molecule has 3 rings (SSSR count). The van der Waals surface area contributed by atoms with Gasteiger partial charge in [0.25, 0.3) is 0 Å². The van der Waals surface area contributed by atoms with E-state index >= 15 is 0 Å². The van der Waals surface area contributed by atoms with Gasteiger partial charge in [0.15, 0.2) is 0 Å². The first kappa shape index (κ1) is 16.1. The van der Waals surface area contributed by atoms with Crippen molar-refractivity contribution in [1.82, 2.24) is 0 Å². The van der Waals surface area contributed by atoms with Gasteiger partial charge in [0.2, 0.25) is 0 Å². The third-order valence-corrected chi connectivity index (χ3v) is 4.03. The van der Waals surface area contributed by atoms with Crippen LogP contribution in [-0.4, -0.2) is 15.3 Å². The standard InChI is InChI=1S/C20H20O4/c1-12-3-6-17(21)14(9-12)11-15-5-8-19(24-15)20(23)16-10-13(2)4-7-18(16)22/h3-10,20-23H,11H2,1-2H3. The number of aliphatic hydroxyl groups is 1. The first-order valence-corrected chi connectivity index (χ1v) is 7.78. The van der Waals surface area contributed by atoms with E-state index in [1.54, 1.807) is 36.4 Å². The maximum absolute atomic E-state index is 10.5. The second kappa shape index (κ2) is 6.42. The van der Waals surface area contributed by atoms with Gasteiger partial charge in [0, 0.05) is 17.5 Å². The molecule has 2 aromatic carbocycles. The lowest BCUT2D eigenvalue weighted by atomic mass is 10.0. The Morgan fingerprint density at radius 1 is 0.875 bits per heavy atom. The van der Waals surface area contributed by atoms with Crippen LogP contribution in [0.5, 0.6) is 11.5 Å². The van der Waals surface area contributed by atoms with Gasteiger partial charge >= 0.3 is 0 Å². The van der Waals surface area contributed by atoms with Crippen LogP contribution in [0, 0.1) is 13.8 Å². The fourth-order valence-electron chi connectivity index (χ4n) is 2.73. The quantitative estimate of drug-likeness (QED) is 0.678. The smallest absolute Gasteiger partial charge is 0.140 e. The van der Waals surface area contributed by atoms with Crippen molar-refractivity contribution in [2.75, 3.05) is 0 Å². The van der Waals surface area contributed by atoms with Crippen molar-refractivity contribution in [2.45, 2.75) is 26.4 Å². The maximum Gasteiger partial charge on any atom is 0.140 e. The SMILES string of the molecule is Cc1ccc(O)c(Cc2ccc(C(O)c3cc(C)ccc3O)o2)c1. The molecular weight excluding hydrogens is 304 g/mol. The lowest BCUT2D eigenvalue weighted by Gasteiger charge is -2.11. The van der Waals surface area contributed by atoms with E-state index < -0.39 is 6.10 Å². The van der Waals surface area contributed by atoms with Crippen molar-refractivity contribution >= 4 is 0 Å². The summed E-state index contributed by atoms with van der Waals surface area (Å²) in [7, 11) is 0. The first-order valence-electron chi connectivity index (χ1n) is 7.78. The molecule has 124 valence electrons. The highest BCUT2D eigenvalue weighted by molar-refractivity contribution is 5.41. The minimum absolute atomic E-state index is 0.0300. The lowest BCUT2D eigenvalue weighted by Crippen LogP contribution is -1.99. The maximum atomic E-state index is 10.5. The number of hydrogen-bond acceptors (Lipinski definition) is 4. The predicted octanol–water partition coefficient (Wildman–Crippen LogP) is 3.98. The van der Waals surface area contributed by atoms with E-state index in [-0.39, 0.29) is 11.5 Å². The summed E-state index contributed by atoms with van der Waals surface area (Å²) in [6.45, 7) is 3.85. The molecule has 0 saturated heterocycles. The fraction of sp³-hybridized carbons (Fsp3) is 0.200. The van der Waals surface area contributed by atoms with Gasteiger partial charge in [0.1, 0.15) is 29.1 Å². The van der Waals surface area contributed by atoms with Gasteiger partial charge < -0.3 is 19.7 Å². The zero-order chi connectivity index (χ0) is 17.3. The minimum atomic E-state index is -1.04. The van der Waals surface area contributed by atoms with Crippen LogP contribution in [0.2, 0.25) is 0 Å². The van der Waals surface area contributed by atoms with Gasteiger partial charge in [-0.2, -0.15) is 0 Å². The summed E-state index contributed by atoms with van der Waals surface area (Å²) in [5, 5.41) is 30.3. The average molecular weight is 324 g/mol. The van der Waals surface area contributed by atoms with Crippen LogP contribution < -0.4 is 0 Å². The highest BCUT2D eigenvalue weighted by atomic mass is 16.4. The molecule has 1 heterocycles. The van der Waals surface area contributed by atoms with E-state index in [0.717, 1.165) is 16.7 Å². The molecule has 1 aromatic heterocycles. The van der Waals surface area contributed by atoms with E-state index in [4.69, 9.17) is 4.42 Å². The summed E-state index contributed by atoms with van der Waals surface area (Å²) in [4.78, 5) is 0. The molecule has 3 N–H and O–H groups in total. The Bertz CT molecular complexity index is 864. The van der Waals surface area contributed by atoms with Crippen molar-refractivity contribution in [3.05, 3.63) is 82.3 Å². The zero-order valence-electron chi connectivity index (χ0n) is 13.7. The highest BCUT2D eigenvalue weighted by Crippen LogP contribution is 2.32. The van der Waals surface area contributed by atoms with E-state index in [9.17, 15) is 15.3 Å². The molecule has 0 bridgehead atoms. The van der Waals surface area contributed by atoms with E-state index in [1.807, 2.05) is 26.0 Å². The van der Waals surface area contributed by atoms with Crippen molar-refractivity contribution in [3.63, 3.8) is 0 Å². The number of hydrogen-bond donors (Lipinski definition) is 3. The molecule has 0 fully saturated rings. The number of phenols is 2. The highest BCUT2D eigenvalue weighted by Gasteiger charge is 2.19. The van der Waals surface area contributed by atoms with Crippen molar-refractivity contribution < 1.29 is 19.7 Å². The third-order valence-electron chi connectivity index (χ3n) is 4.03. The molecule has 0 aliphatic carbocycles. The summed E-state index contributed by atoms with van der Waals surface area (Å²) in [5.41, 5.74) is 3.18. The Morgan fingerprint density at radius 2 is 1.54 bits per heavy atom. The summed E-state index contributed by atoms with van der Waals surface area (Å²) >= 11 is 0. The van der Waals surface area contributed by atoms with E-state index in [0.29, 0.717) is 23.5 Å². The summed E-state index contributed by atoms with van der Waals surface area (Å²) in [6.07, 6.45) is -0.607. The van der Waals surface area contributed by atoms with E-state index in [1.165, 1.54) is 0 Å².